The minimum atomic E-state index is -0.424. The fourth-order valence-electron chi connectivity index (χ4n) is 6.55. The molecule has 2 amide bonds. The molecule has 2 fully saturated rings. The second-order valence-electron chi connectivity index (χ2n) is 12.2. The van der Waals surface area contributed by atoms with E-state index < -0.39 is 5.82 Å². The Morgan fingerprint density at radius 3 is 2.52 bits per heavy atom. The maximum atomic E-state index is 14.4. The van der Waals surface area contributed by atoms with Crippen LogP contribution in [0.5, 0.6) is 0 Å². The van der Waals surface area contributed by atoms with E-state index >= 15 is 0 Å². The molecular weight excluding hydrogens is 505 g/mol. The van der Waals surface area contributed by atoms with Crippen LogP contribution < -0.4 is 5.32 Å². The van der Waals surface area contributed by atoms with Crippen molar-refractivity contribution in [2.24, 2.45) is 17.8 Å². The van der Waals surface area contributed by atoms with Gasteiger partial charge in [-0.05, 0) is 94.0 Å². The Labute approximate surface area is 236 Å². The number of rotatable bonds is 8. The SMILES string of the molecule is CNC(=O)[C@H]1CC[C@H](CN2CC(Cc3cn(-c4ccc(F)cc4C(=O)N(C)C(C)C)c4cncc(C)c34)C2)CC1. The van der Waals surface area contributed by atoms with Gasteiger partial charge in [-0.25, -0.2) is 4.39 Å². The van der Waals surface area contributed by atoms with Gasteiger partial charge in [0.15, 0.2) is 0 Å². The van der Waals surface area contributed by atoms with Gasteiger partial charge in [-0.15, -0.1) is 0 Å². The number of nitrogens with one attached hydrogen (secondary N) is 1. The smallest absolute Gasteiger partial charge is 0.256 e. The van der Waals surface area contributed by atoms with Gasteiger partial charge in [0.2, 0.25) is 5.91 Å². The van der Waals surface area contributed by atoms with Crippen molar-refractivity contribution < 1.29 is 14.0 Å². The molecule has 1 aliphatic carbocycles. The van der Waals surface area contributed by atoms with Crippen LogP contribution in [0, 0.1) is 30.5 Å². The van der Waals surface area contributed by atoms with Crippen LogP contribution in [0.25, 0.3) is 16.6 Å². The van der Waals surface area contributed by atoms with Crippen molar-refractivity contribution in [3.63, 3.8) is 0 Å². The first-order valence-electron chi connectivity index (χ1n) is 14.6. The van der Waals surface area contributed by atoms with Gasteiger partial charge in [0, 0.05) is 63.5 Å². The van der Waals surface area contributed by atoms with Gasteiger partial charge in [-0.1, -0.05) is 0 Å². The zero-order valence-electron chi connectivity index (χ0n) is 24.4. The average Bonchev–Trinajstić information content (AvgIpc) is 3.30. The number of hydrogen-bond acceptors (Lipinski definition) is 4. The Bertz CT molecular complexity index is 1390. The third-order valence-corrected chi connectivity index (χ3v) is 9.05. The third kappa shape index (κ3) is 5.64. The summed E-state index contributed by atoms with van der Waals surface area (Å²) >= 11 is 0. The minimum Gasteiger partial charge on any atom is -0.359 e. The highest BCUT2D eigenvalue weighted by molar-refractivity contribution is 5.99. The number of carbonyl (C=O) groups is 2. The number of amides is 2. The van der Waals surface area contributed by atoms with E-state index in [1.54, 1.807) is 25.1 Å². The zero-order valence-corrected chi connectivity index (χ0v) is 24.4. The lowest BCUT2D eigenvalue weighted by Gasteiger charge is -2.42. The first kappa shape index (κ1) is 28.3. The van der Waals surface area contributed by atoms with Crippen LogP contribution in [-0.4, -0.2) is 70.9 Å². The Balaban J connectivity index is 1.32. The molecule has 40 heavy (non-hydrogen) atoms. The highest BCUT2D eigenvalue weighted by Gasteiger charge is 2.32. The largest absolute Gasteiger partial charge is 0.359 e. The topological polar surface area (TPSA) is 70.5 Å². The number of pyridine rings is 1. The highest BCUT2D eigenvalue weighted by atomic mass is 19.1. The van der Waals surface area contributed by atoms with Gasteiger partial charge in [-0.2, -0.15) is 0 Å². The van der Waals surface area contributed by atoms with Crippen molar-refractivity contribution in [3.8, 4) is 5.69 Å². The highest BCUT2D eigenvalue weighted by Crippen LogP contribution is 2.34. The molecule has 2 aliphatic rings. The summed E-state index contributed by atoms with van der Waals surface area (Å²) in [7, 11) is 3.48. The third-order valence-electron chi connectivity index (χ3n) is 9.05. The van der Waals surface area contributed by atoms with E-state index in [0.29, 0.717) is 23.1 Å². The quantitative estimate of drug-likeness (QED) is 0.432. The summed E-state index contributed by atoms with van der Waals surface area (Å²) in [6.07, 6.45) is 11.1. The number of aromatic nitrogens is 2. The van der Waals surface area contributed by atoms with E-state index in [1.807, 2.05) is 30.8 Å². The molecule has 8 heteroatoms. The van der Waals surface area contributed by atoms with Gasteiger partial charge in [0.25, 0.3) is 5.91 Å². The molecule has 1 saturated carbocycles. The Morgan fingerprint density at radius 2 is 1.85 bits per heavy atom. The lowest BCUT2D eigenvalue weighted by atomic mass is 9.80. The first-order valence-corrected chi connectivity index (χ1v) is 14.6. The van der Waals surface area contributed by atoms with Gasteiger partial charge >= 0.3 is 0 Å². The maximum absolute atomic E-state index is 14.4. The van der Waals surface area contributed by atoms with Crippen LogP contribution in [0.2, 0.25) is 0 Å². The summed E-state index contributed by atoms with van der Waals surface area (Å²) in [6, 6.07) is 4.46. The van der Waals surface area contributed by atoms with Crippen LogP contribution in [-0.2, 0) is 11.2 Å². The lowest BCUT2D eigenvalue weighted by molar-refractivity contribution is -0.125. The predicted molar refractivity (Wildman–Crippen MR) is 156 cm³/mol. The molecule has 0 spiro atoms. The Hall–Kier alpha value is -3.26. The molecule has 0 bridgehead atoms. The van der Waals surface area contributed by atoms with E-state index in [1.165, 1.54) is 23.1 Å². The van der Waals surface area contributed by atoms with Crippen molar-refractivity contribution in [1.29, 1.82) is 0 Å². The zero-order chi connectivity index (χ0) is 28.6. The van der Waals surface area contributed by atoms with Crippen molar-refractivity contribution in [2.75, 3.05) is 33.7 Å². The van der Waals surface area contributed by atoms with Crippen molar-refractivity contribution in [1.82, 2.24) is 24.7 Å². The van der Waals surface area contributed by atoms with Crippen LogP contribution in [0.4, 0.5) is 4.39 Å². The van der Waals surface area contributed by atoms with E-state index in [9.17, 15) is 14.0 Å². The molecule has 1 aromatic carbocycles. The molecule has 0 unspecified atom stereocenters. The number of fused-ring (bicyclic) bond motifs is 1. The molecule has 7 nitrogen and oxygen atoms in total. The summed E-state index contributed by atoms with van der Waals surface area (Å²) < 4.78 is 16.4. The van der Waals surface area contributed by atoms with E-state index in [4.69, 9.17) is 0 Å². The Morgan fingerprint density at radius 1 is 1.12 bits per heavy atom. The minimum absolute atomic E-state index is 0.00284. The molecule has 5 rings (SSSR count). The summed E-state index contributed by atoms with van der Waals surface area (Å²) in [4.78, 5) is 34.0. The molecule has 1 aliphatic heterocycles. The molecule has 0 atom stereocenters. The average molecular weight is 548 g/mol. The molecule has 214 valence electrons. The normalized spacial score (nSPS) is 20.1. The molecule has 1 N–H and O–H groups in total. The second kappa shape index (κ2) is 11.7. The molecular formula is C32H42FN5O2. The van der Waals surface area contributed by atoms with Crippen LogP contribution in [0.3, 0.4) is 0 Å². The molecule has 3 heterocycles. The number of benzene rings is 1. The molecule has 1 saturated heterocycles. The monoisotopic (exact) mass is 547 g/mol. The molecule has 0 radical (unpaired) electrons. The standard InChI is InChI=1S/C32H42FN5O2/c1-20(2)36(5)32(40)27-13-26(33)10-11-28(27)38-19-25(30-21(3)14-35-15-29(30)38)12-23-17-37(18-23)16-22-6-8-24(9-7-22)31(39)34-4/h10-11,13-15,19-20,22-24H,6-9,12,16-18H2,1-5H3,(H,34,39)/t22-,24-. The number of carbonyl (C=O) groups excluding carboxylic acids is 2. The van der Waals surface area contributed by atoms with Crippen molar-refractivity contribution in [3.05, 3.63) is 59.3 Å². The van der Waals surface area contributed by atoms with E-state index in [-0.39, 0.29) is 23.8 Å². The number of nitrogens with zero attached hydrogens (tertiary/aromatic N) is 4. The van der Waals surface area contributed by atoms with Crippen molar-refractivity contribution >= 4 is 22.7 Å². The van der Waals surface area contributed by atoms with Gasteiger partial charge in [0.05, 0.1) is 23.0 Å². The van der Waals surface area contributed by atoms with Gasteiger partial charge < -0.3 is 19.7 Å². The van der Waals surface area contributed by atoms with Crippen LogP contribution in [0.1, 0.15) is 61.0 Å². The number of hydrogen-bond donors (Lipinski definition) is 1. The fraction of sp³-hybridized carbons (Fsp3) is 0.531. The van der Waals surface area contributed by atoms with Crippen molar-refractivity contribution in [2.45, 2.75) is 58.9 Å². The van der Waals surface area contributed by atoms with Gasteiger partial charge in [0.1, 0.15) is 5.82 Å². The molecule has 2 aromatic heterocycles. The number of likely N-dealkylation sites (tertiary alicyclic amines) is 1. The van der Waals surface area contributed by atoms with E-state index in [2.05, 4.69) is 28.3 Å². The number of halogens is 1. The summed E-state index contributed by atoms with van der Waals surface area (Å²) in [5, 5.41) is 3.97. The van der Waals surface area contributed by atoms with Gasteiger partial charge in [-0.3, -0.25) is 14.6 Å². The lowest BCUT2D eigenvalue weighted by Crippen LogP contribution is -2.49. The summed E-state index contributed by atoms with van der Waals surface area (Å²) in [6.45, 7) is 9.24. The second-order valence-corrected chi connectivity index (χ2v) is 12.2. The summed E-state index contributed by atoms with van der Waals surface area (Å²) in [5.74, 6) is 0.990. The number of aryl methyl sites for hydroxylation is 1. The van der Waals surface area contributed by atoms with Crippen LogP contribution >= 0.6 is 0 Å². The first-order chi connectivity index (χ1) is 19.2. The Kier molecular flexibility index (Phi) is 8.26. The summed E-state index contributed by atoms with van der Waals surface area (Å²) in [5.41, 5.74) is 4.30. The fourth-order valence-corrected chi connectivity index (χ4v) is 6.55. The maximum Gasteiger partial charge on any atom is 0.256 e. The van der Waals surface area contributed by atoms with Crippen LogP contribution in [0.15, 0.2) is 36.8 Å². The van der Waals surface area contributed by atoms with E-state index in [0.717, 1.165) is 62.8 Å². The predicted octanol–water partition coefficient (Wildman–Crippen LogP) is 4.98. The molecule has 3 aromatic rings.